The Hall–Kier alpha value is -1.88. The van der Waals surface area contributed by atoms with Crippen LogP contribution in [0.15, 0.2) is 24.3 Å². The Balaban J connectivity index is 1.36. The van der Waals surface area contributed by atoms with Gasteiger partial charge < -0.3 is 15.4 Å². The number of carbonyl (C=O) groups is 2. The molecule has 1 aromatic carbocycles. The third-order valence-corrected chi connectivity index (χ3v) is 4.87. The lowest BCUT2D eigenvalue weighted by Gasteiger charge is -2.25. The topological polar surface area (TPSA) is 67.4 Å². The van der Waals surface area contributed by atoms with Gasteiger partial charge >= 0.3 is 0 Å². The molecule has 5 heteroatoms. The van der Waals surface area contributed by atoms with Gasteiger partial charge in [-0.2, -0.15) is 0 Å². The van der Waals surface area contributed by atoms with E-state index in [1.165, 1.54) is 17.5 Å². The molecule has 5 nitrogen and oxygen atoms in total. The monoisotopic (exact) mass is 330 g/mol. The van der Waals surface area contributed by atoms with Gasteiger partial charge in [0, 0.05) is 32.0 Å². The van der Waals surface area contributed by atoms with Gasteiger partial charge in [-0.05, 0) is 43.2 Å². The molecule has 0 saturated carbocycles. The number of amides is 2. The van der Waals surface area contributed by atoms with Crippen LogP contribution in [-0.2, 0) is 20.7 Å². The van der Waals surface area contributed by atoms with E-state index in [4.69, 9.17) is 4.74 Å². The van der Waals surface area contributed by atoms with Gasteiger partial charge in [-0.1, -0.05) is 24.3 Å². The summed E-state index contributed by atoms with van der Waals surface area (Å²) in [5.74, 6) is -0.210. The molecular weight excluding hydrogens is 304 g/mol. The van der Waals surface area contributed by atoms with Gasteiger partial charge in [-0.25, -0.2) is 0 Å². The van der Waals surface area contributed by atoms with Gasteiger partial charge in [0.05, 0.1) is 6.10 Å². The molecule has 0 radical (unpaired) electrons. The van der Waals surface area contributed by atoms with E-state index in [0.29, 0.717) is 26.1 Å². The molecule has 1 aliphatic heterocycles. The Labute approximate surface area is 143 Å². The zero-order chi connectivity index (χ0) is 16.8. The van der Waals surface area contributed by atoms with Crippen molar-refractivity contribution in [3.8, 4) is 0 Å². The Bertz CT molecular complexity index is 588. The Morgan fingerprint density at radius 1 is 1.29 bits per heavy atom. The number of nitrogens with one attached hydrogen (secondary N) is 2. The number of hydrogen-bond acceptors (Lipinski definition) is 3. The van der Waals surface area contributed by atoms with Gasteiger partial charge in [-0.15, -0.1) is 0 Å². The first-order chi connectivity index (χ1) is 11.7. The molecule has 0 spiro atoms. The van der Waals surface area contributed by atoms with Crippen molar-refractivity contribution in [2.24, 2.45) is 5.92 Å². The van der Waals surface area contributed by atoms with E-state index in [-0.39, 0.29) is 23.8 Å². The first-order valence-corrected chi connectivity index (χ1v) is 8.98. The second-order valence-corrected chi connectivity index (χ2v) is 6.63. The van der Waals surface area contributed by atoms with Crippen LogP contribution in [0.1, 0.15) is 49.3 Å². The summed E-state index contributed by atoms with van der Waals surface area (Å²) in [4.78, 5) is 23.4. The van der Waals surface area contributed by atoms with E-state index < -0.39 is 0 Å². The number of rotatable bonds is 6. The maximum atomic E-state index is 12.0. The number of carbonyl (C=O) groups excluding carboxylic acids is 2. The summed E-state index contributed by atoms with van der Waals surface area (Å²) in [6, 6.07) is 8.50. The van der Waals surface area contributed by atoms with E-state index >= 15 is 0 Å². The van der Waals surface area contributed by atoms with Crippen molar-refractivity contribution in [3.63, 3.8) is 0 Å². The highest BCUT2D eigenvalue weighted by atomic mass is 16.5. The third kappa shape index (κ3) is 4.35. The van der Waals surface area contributed by atoms with Crippen molar-refractivity contribution in [1.29, 1.82) is 0 Å². The fraction of sp³-hybridized carbons (Fsp3) is 0.579. The molecule has 2 N–H and O–H groups in total. The highest BCUT2D eigenvalue weighted by molar-refractivity contribution is 5.86. The number of aryl methyl sites for hydroxylation is 1. The van der Waals surface area contributed by atoms with Crippen molar-refractivity contribution in [2.45, 2.75) is 44.6 Å². The summed E-state index contributed by atoms with van der Waals surface area (Å²) in [6.45, 7) is 1.84. The molecule has 1 saturated heterocycles. The fourth-order valence-electron chi connectivity index (χ4n) is 3.54. The zero-order valence-corrected chi connectivity index (χ0v) is 14.1. The van der Waals surface area contributed by atoms with Crippen LogP contribution in [0.3, 0.4) is 0 Å². The Kier molecular flexibility index (Phi) is 5.86. The van der Waals surface area contributed by atoms with Crippen molar-refractivity contribution >= 4 is 11.8 Å². The lowest BCUT2D eigenvalue weighted by molar-refractivity contribution is -0.132. The number of piperidine rings is 1. The van der Waals surface area contributed by atoms with E-state index in [0.717, 1.165) is 25.7 Å². The third-order valence-electron chi connectivity index (χ3n) is 4.87. The number of ether oxygens (including phenoxy) is 1. The summed E-state index contributed by atoms with van der Waals surface area (Å²) in [6.07, 6.45) is 5.40. The fourth-order valence-corrected chi connectivity index (χ4v) is 3.54. The van der Waals surface area contributed by atoms with Crippen molar-refractivity contribution < 1.29 is 14.3 Å². The lowest BCUT2D eigenvalue weighted by atomic mass is 9.89. The maximum absolute atomic E-state index is 12.0. The highest BCUT2D eigenvalue weighted by Crippen LogP contribution is 2.32. The van der Waals surface area contributed by atoms with Crippen molar-refractivity contribution in [1.82, 2.24) is 10.6 Å². The average molecular weight is 330 g/mol. The molecule has 2 amide bonds. The van der Waals surface area contributed by atoms with Crippen LogP contribution in [0.5, 0.6) is 0 Å². The second-order valence-electron chi connectivity index (χ2n) is 6.63. The minimum absolute atomic E-state index is 0.00661. The van der Waals surface area contributed by atoms with Crippen LogP contribution in [0, 0.1) is 5.92 Å². The van der Waals surface area contributed by atoms with E-state index in [2.05, 4.69) is 34.9 Å². The molecule has 0 unspecified atom stereocenters. The average Bonchev–Trinajstić information content (AvgIpc) is 2.61. The van der Waals surface area contributed by atoms with Crippen molar-refractivity contribution in [2.75, 3.05) is 19.7 Å². The molecule has 1 fully saturated rings. The molecule has 2 aliphatic rings. The molecule has 0 bridgehead atoms. The summed E-state index contributed by atoms with van der Waals surface area (Å²) < 4.78 is 6.04. The second kappa shape index (κ2) is 8.29. The Morgan fingerprint density at radius 3 is 3.04 bits per heavy atom. The summed E-state index contributed by atoms with van der Waals surface area (Å²) in [7, 11) is 0. The summed E-state index contributed by atoms with van der Waals surface area (Å²) in [5.41, 5.74) is 2.72. The molecule has 130 valence electrons. The van der Waals surface area contributed by atoms with E-state index in [1.54, 1.807) is 0 Å². The summed E-state index contributed by atoms with van der Waals surface area (Å²) in [5, 5.41) is 5.68. The minimum Gasteiger partial charge on any atom is -0.373 e. The number of fused-ring (bicyclic) bond motifs is 1. The molecule has 24 heavy (non-hydrogen) atoms. The summed E-state index contributed by atoms with van der Waals surface area (Å²) >= 11 is 0. The van der Waals surface area contributed by atoms with E-state index in [1.807, 2.05) is 0 Å². The standard InChI is InChI=1S/C19H26N2O3/c22-18-13-15(9-11-20-18)19(23)21-10-4-12-24-17-8-3-6-14-5-1-2-7-16(14)17/h1-2,5,7,15,17H,3-4,6,8-13H2,(H,20,22)(H,21,23)/t15-,17-/m0/s1. The molecular formula is C19H26N2O3. The van der Waals surface area contributed by atoms with Crippen LogP contribution in [-0.4, -0.2) is 31.5 Å². The maximum Gasteiger partial charge on any atom is 0.223 e. The van der Waals surface area contributed by atoms with Crippen LogP contribution in [0.25, 0.3) is 0 Å². The molecule has 3 rings (SSSR count). The minimum atomic E-state index is -0.176. The quantitative estimate of drug-likeness (QED) is 0.785. The van der Waals surface area contributed by atoms with Gasteiger partial charge in [0.25, 0.3) is 0 Å². The molecule has 2 atom stereocenters. The SMILES string of the molecule is O=C1C[C@@H](C(=O)NCCCO[C@H]2CCCc3ccccc32)CCN1. The van der Waals surface area contributed by atoms with Gasteiger partial charge in [0.1, 0.15) is 0 Å². The zero-order valence-electron chi connectivity index (χ0n) is 14.1. The molecule has 1 heterocycles. The van der Waals surface area contributed by atoms with Crippen LogP contribution >= 0.6 is 0 Å². The normalized spacial score (nSPS) is 23.2. The predicted octanol–water partition coefficient (Wildman–Crippen LogP) is 2.11. The Morgan fingerprint density at radius 2 is 2.17 bits per heavy atom. The predicted molar refractivity (Wildman–Crippen MR) is 91.4 cm³/mol. The molecule has 1 aliphatic carbocycles. The number of benzene rings is 1. The smallest absolute Gasteiger partial charge is 0.223 e. The number of hydrogen-bond donors (Lipinski definition) is 2. The first kappa shape index (κ1) is 17.0. The van der Waals surface area contributed by atoms with E-state index in [9.17, 15) is 9.59 Å². The van der Waals surface area contributed by atoms with Crippen LogP contribution in [0.2, 0.25) is 0 Å². The van der Waals surface area contributed by atoms with Gasteiger partial charge in [0.2, 0.25) is 11.8 Å². The van der Waals surface area contributed by atoms with Gasteiger partial charge in [-0.3, -0.25) is 9.59 Å². The lowest BCUT2D eigenvalue weighted by Crippen LogP contribution is -2.41. The highest BCUT2D eigenvalue weighted by Gasteiger charge is 2.25. The van der Waals surface area contributed by atoms with Crippen LogP contribution < -0.4 is 10.6 Å². The first-order valence-electron chi connectivity index (χ1n) is 8.98. The van der Waals surface area contributed by atoms with Crippen molar-refractivity contribution in [3.05, 3.63) is 35.4 Å². The molecule has 1 aromatic rings. The van der Waals surface area contributed by atoms with Gasteiger partial charge in [0.15, 0.2) is 0 Å². The molecule has 0 aromatic heterocycles. The largest absolute Gasteiger partial charge is 0.373 e. The van der Waals surface area contributed by atoms with Crippen LogP contribution in [0.4, 0.5) is 0 Å².